The molecule has 0 amide bonds. The zero-order valence-electron chi connectivity index (χ0n) is 9.19. The molecule has 82 valence electrons. The van der Waals surface area contributed by atoms with E-state index in [-0.39, 0.29) is 6.04 Å². The maximum atomic E-state index is 6.25. The fourth-order valence-corrected chi connectivity index (χ4v) is 2.25. The summed E-state index contributed by atoms with van der Waals surface area (Å²) in [5, 5.41) is 5.83. The van der Waals surface area contributed by atoms with Gasteiger partial charge in [-0.15, -0.1) is 0 Å². The normalized spacial score (nSPS) is 18.3. The lowest BCUT2D eigenvalue weighted by molar-refractivity contribution is 0.295. The number of nitrogens with one attached hydrogen (secondary N) is 1. The number of benzene rings is 2. The largest absolute Gasteiger partial charge is 0.324 e. The molecule has 2 nitrogen and oxygen atoms in total. The molecule has 1 heterocycles. The van der Waals surface area contributed by atoms with Gasteiger partial charge in [0.15, 0.2) is 0 Å². The number of fused-ring (bicyclic) bond motifs is 1. The van der Waals surface area contributed by atoms with E-state index in [0.717, 1.165) is 13.1 Å². The average molecular weight is 212 g/mol. The van der Waals surface area contributed by atoms with Crippen molar-refractivity contribution in [3.8, 4) is 0 Å². The molecule has 1 atom stereocenters. The summed E-state index contributed by atoms with van der Waals surface area (Å²) < 4.78 is 0. The van der Waals surface area contributed by atoms with Crippen LogP contribution < -0.4 is 11.1 Å². The van der Waals surface area contributed by atoms with Crippen LogP contribution in [-0.4, -0.2) is 13.1 Å². The van der Waals surface area contributed by atoms with Gasteiger partial charge in [0.25, 0.3) is 0 Å². The van der Waals surface area contributed by atoms with E-state index in [1.54, 1.807) is 0 Å². The first-order chi connectivity index (χ1) is 7.84. The second-order valence-corrected chi connectivity index (χ2v) is 4.55. The maximum absolute atomic E-state index is 6.25. The van der Waals surface area contributed by atoms with Crippen LogP contribution in [0.3, 0.4) is 0 Å². The van der Waals surface area contributed by atoms with Crippen LogP contribution in [0.4, 0.5) is 0 Å². The van der Waals surface area contributed by atoms with Gasteiger partial charge < -0.3 is 11.1 Å². The van der Waals surface area contributed by atoms with Crippen LogP contribution in [0, 0.1) is 5.92 Å². The van der Waals surface area contributed by atoms with E-state index >= 15 is 0 Å². The fourth-order valence-electron chi connectivity index (χ4n) is 2.25. The predicted molar refractivity (Wildman–Crippen MR) is 67.2 cm³/mol. The summed E-state index contributed by atoms with van der Waals surface area (Å²) in [5.41, 5.74) is 7.51. The van der Waals surface area contributed by atoms with Gasteiger partial charge in [0.2, 0.25) is 0 Å². The highest BCUT2D eigenvalue weighted by molar-refractivity contribution is 5.83. The van der Waals surface area contributed by atoms with E-state index < -0.39 is 0 Å². The van der Waals surface area contributed by atoms with Crippen molar-refractivity contribution in [2.45, 2.75) is 6.04 Å². The van der Waals surface area contributed by atoms with Crippen molar-refractivity contribution in [3.63, 3.8) is 0 Å². The van der Waals surface area contributed by atoms with Gasteiger partial charge in [-0.1, -0.05) is 36.4 Å². The summed E-state index contributed by atoms with van der Waals surface area (Å²) in [6.07, 6.45) is 0. The van der Waals surface area contributed by atoms with Gasteiger partial charge in [-0.25, -0.2) is 0 Å². The Morgan fingerprint density at radius 3 is 2.50 bits per heavy atom. The molecular weight excluding hydrogens is 196 g/mol. The minimum Gasteiger partial charge on any atom is -0.324 e. The maximum Gasteiger partial charge on any atom is 0.0348 e. The van der Waals surface area contributed by atoms with Gasteiger partial charge in [0, 0.05) is 25.0 Å². The van der Waals surface area contributed by atoms with Crippen LogP contribution in [0.15, 0.2) is 42.5 Å². The Bertz CT molecular complexity index is 503. The molecule has 1 fully saturated rings. The molecule has 0 aromatic heterocycles. The van der Waals surface area contributed by atoms with E-state index in [1.807, 2.05) is 0 Å². The minimum atomic E-state index is 0.172. The summed E-state index contributed by atoms with van der Waals surface area (Å²) in [5.74, 6) is 0.598. The van der Waals surface area contributed by atoms with Crippen LogP contribution in [-0.2, 0) is 0 Å². The Hall–Kier alpha value is -1.38. The first-order valence-electron chi connectivity index (χ1n) is 5.79. The van der Waals surface area contributed by atoms with Gasteiger partial charge in [-0.2, -0.15) is 0 Å². The monoisotopic (exact) mass is 212 g/mol. The van der Waals surface area contributed by atoms with Crippen molar-refractivity contribution < 1.29 is 0 Å². The standard InChI is InChI=1S/C14H16N2/c15-14(13-8-16-9-13)12-6-5-10-3-1-2-4-11(10)7-12/h1-7,13-14,16H,8-9,15H2. The molecule has 2 heteroatoms. The van der Waals surface area contributed by atoms with Crippen molar-refractivity contribution in [3.05, 3.63) is 48.0 Å². The summed E-state index contributed by atoms with van der Waals surface area (Å²) in [7, 11) is 0. The molecule has 0 bridgehead atoms. The topological polar surface area (TPSA) is 38.0 Å². The Labute approximate surface area is 95.5 Å². The predicted octanol–water partition coefficient (Wildman–Crippen LogP) is 2.06. The number of nitrogens with two attached hydrogens (primary N) is 1. The van der Waals surface area contributed by atoms with Crippen LogP contribution in [0.2, 0.25) is 0 Å². The highest BCUT2D eigenvalue weighted by Gasteiger charge is 2.25. The van der Waals surface area contributed by atoms with Gasteiger partial charge in [-0.05, 0) is 22.4 Å². The van der Waals surface area contributed by atoms with E-state index in [9.17, 15) is 0 Å². The van der Waals surface area contributed by atoms with Crippen LogP contribution >= 0.6 is 0 Å². The SMILES string of the molecule is NC(c1ccc2ccccc2c1)C1CNC1. The molecule has 2 aromatic carbocycles. The Balaban J connectivity index is 1.97. The second kappa shape index (κ2) is 3.89. The van der Waals surface area contributed by atoms with Crippen molar-refractivity contribution in [1.29, 1.82) is 0 Å². The first kappa shape index (κ1) is 9.82. The molecule has 1 saturated heterocycles. The Morgan fingerprint density at radius 2 is 1.81 bits per heavy atom. The molecule has 2 aromatic rings. The van der Waals surface area contributed by atoms with Crippen LogP contribution in [0.1, 0.15) is 11.6 Å². The van der Waals surface area contributed by atoms with E-state index in [1.165, 1.54) is 16.3 Å². The molecule has 3 N–H and O–H groups in total. The molecule has 0 saturated carbocycles. The molecule has 1 aliphatic rings. The van der Waals surface area contributed by atoms with Crippen molar-refractivity contribution in [2.75, 3.05) is 13.1 Å². The molecule has 16 heavy (non-hydrogen) atoms. The Kier molecular flexibility index (Phi) is 2.39. The number of hydrogen-bond acceptors (Lipinski definition) is 2. The summed E-state index contributed by atoms with van der Waals surface area (Å²) >= 11 is 0. The van der Waals surface area contributed by atoms with Gasteiger partial charge >= 0.3 is 0 Å². The van der Waals surface area contributed by atoms with E-state index in [2.05, 4.69) is 47.8 Å². The quantitative estimate of drug-likeness (QED) is 0.799. The summed E-state index contributed by atoms with van der Waals surface area (Å²) in [4.78, 5) is 0. The zero-order valence-corrected chi connectivity index (χ0v) is 9.19. The van der Waals surface area contributed by atoms with Crippen molar-refractivity contribution in [1.82, 2.24) is 5.32 Å². The summed E-state index contributed by atoms with van der Waals surface area (Å²) in [6.45, 7) is 2.10. The lowest BCUT2D eigenvalue weighted by Gasteiger charge is -2.32. The number of rotatable bonds is 2. The van der Waals surface area contributed by atoms with Crippen molar-refractivity contribution in [2.24, 2.45) is 11.7 Å². The van der Waals surface area contributed by atoms with Crippen LogP contribution in [0.25, 0.3) is 10.8 Å². The lowest BCUT2D eigenvalue weighted by Crippen LogP contribution is -2.47. The van der Waals surface area contributed by atoms with Gasteiger partial charge in [0.1, 0.15) is 0 Å². The highest BCUT2D eigenvalue weighted by Crippen LogP contribution is 2.25. The van der Waals surface area contributed by atoms with Crippen LogP contribution in [0.5, 0.6) is 0 Å². The average Bonchev–Trinajstić information content (AvgIpc) is 2.26. The molecule has 3 rings (SSSR count). The molecule has 1 unspecified atom stereocenters. The second-order valence-electron chi connectivity index (χ2n) is 4.55. The van der Waals surface area contributed by atoms with E-state index in [4.69, 9.17) is 5.73 Å². The first-order valence-corrected chi connectivity index (χ1v) is 5.79. The third kappa shape index (κ3) is 1.60. The third-order valence-electron chi connectivity index (χ3n) is 3.48. The molecular formula is C14H16N2. The molecule has 0 aliphatic carbocycles. The van der Waals surface area contributed by atoms with Crippen molar-refractivity contribution >= 4 is 10.8 Å². The summed E-state index contributed by atoms with van der Waals surface area (Å²) in [6, 6.07) is 15.1. The van der Waals surface area contributed by atoms with Gasteiger partial charge in [0.05, 0.1) is 0 Å². The Morgan fingerprint density at radius 1 is 1.06 bits per heavy atom. The molecule has 0 radical (unpaired) electrons. The molecule has 0 spiro atoms. The minimum absolute atomic E-state index is 0.172. The number of hydrogen-bond donors (Lipinski definition) is 2. The third-order valence-corrected chi connectivity index (χ3v) is 3.48. The van der Waals surface area contributed by atoms with E-state index in [0.29, 0.717) is 5.92 Å². The molecule has 1 aliphatic heterocycles. The highest BCUT2D eigenvalue weighted by atomic mass is 15.0. The fraction of sp³-hybridized carbons (Fsp3) is 0.286. The zero-order chi connectivity index (χ0) is 11.0. The lowest BCUT2D eigenvalue weighted by atomic mass is 9.88. The smallest absolute Gasteiger partial charge is 0.0348 e. The van der Waals surface area contributed by atoms with Gasteiger partial charge in [-0.3, -0.25) is 0 Å².